The molecule has 1 N–H and O–H groups in total. The summed E-state index contributed by atoms with van der Waals surface area (Å²) in [6.07, 6.45) is 0.982. The van der Waals surface area contributed by atoms with Crippen molar-refractivity contribution in [1.29, 1.82) is 0 Å². The Morgan fingerprint density at radius 1 is 1.05 bits per heavy atom. The van der Waals surface area contributed by atoms with Gasteiger partial charge in [-0.2, -0.15) is 0 Å². The molecular formula is C15H14Br2IN. The first-order valence-corrected chi connectivity index (χ1v) is 8.62. The Morgan fingerprint density at radius 2 is 1.63 bits per heavy atom. The van der Waals surface area contributed by atoms with Crippen molar-refractivity contribution in [2.24, 2.45) is 0 Å². The number of rotatable bonds is 4. The zero-order valence-corrected chi connectivity index (χ0v) is 15.8. The van der Waals surface area contributed by atoms with Crippen LogP contribution in [0.1, 0.15) is 17.2 Å². The summed E-state index contributed by atoms with van der Waals surface area (Å²) in [7, 11) is 2.01. The average Bonchev–Trinajstić information content (AvgIpc) is 2.37. The molecule has 0 bridgehead atoms. The topological polar surface area (TPSA) is 12.0 Å². The normalized spacial score (nSPS) is 12.4. The molecule has 0 saturated carbocycles. The third kappa shape index (κ3) is 4.55. The van der Waals surface area contributed by atoms with Gasteiger partial charge in [-0.3, -0.25) is 0 Å². The molecule has 4 heteroatoms. The summed E-state index contributed by atoms with van der Waals surface area (Å²) in [5.41, 5.74) is 2.62. The number of hydrogen-bond donors (Lipinski definition) is 1. The number of likely N-dealkylation sites (N-methyl/N-ethyl adjacent to an activating group) is 1. The summed E-state index contributed by atoms with van der Waals surface area (Å²) in [6.45, 7) is 0. The molecule has 0 radical (unpaired) electrons. The standard InChI is InChI=1S/C15H14Br2IN/c1-19-15(6-10-2-4-14(18)5-3-10)11-7-12(16)9-13(17)8-11/h2-5,7-9,15,19H,6H2,1H3. The van der Waals surface area contributed by atoms with Crippen LogP contribution in [0.2, 0.25) is 0 Å². The lowest BCUT2D eigenvalue weighted by atomic mass is 9.99. The van der Waals surface area contributed by atoms with Crippen molar-refractivity contribution in [3.63, 3.8) is 0 Å². The van der Waals surface area contributed by atoms with Crippen molar-refractivity contribution >= 4 is 54.5 Å². The molecule has 1 nitrogen and oxygen atoms in total. The molecule has 2 rings (SSSR count). The second-order valence-electron chi connectivity index (χ2n) is 4.37. The van der Waals surface area contributed by atoms with Gasteiger partial charge in [0.05, 0.1) is 0 Å². The van der Waals surface area contributed by atoms with Gasteiger partial charge in [0.1, 0.15) is 0 Å². The number of hydrogen-bond acceptors (Lipinski definition) is 1. The molecule has 2 aromatic rings. The molecule has 1 atom stereocenters. The fraction of sp³-hybridized carbons (Fsp3) is 0.200. The molecule has 100 valence electrons. The number of nitrogens with one attached hydrogen (secondary N) is 1. The molecule has 0 aliphatic heterocycles. The molecular weight excluding hydrogens is 481 g/mol. The third-order valence-corrected chi connectivity index (χ3v) is 4.62. The third-order valence-electron chi connectivity index (χ3n) is 2.99. The summed E-state index contributed by atoms with van der Waals surface area (Å²) in [5.74, 6) is 0. The van der Waals surface area contributed by atoms with Crippen LogP contribution in [-0.2, 0) is 6.42 Å². The Bertz CT molecular complexity index is 534. The minimum absolute atomic E-state index is 0.314. The molecule has 1 unspecified atom stereocenters. The highest BCUT2D eigenvalue weighted by Crippen LogP contribution is 2.26. The molecule has 0 aliphatic carbocycles. The summed E-state index contributed by atoms with van der Waals surface area (Å²) >= 11 is 9.42. The average molecular weight is 495 g/mol. The van der Waals surface area contributed by atoms with Crippen molar-refractivity contribution in [3.8, 4) is 0 Å². The van der Waals surface area contributed by atoms with E-state index in [0.717, 1.165) is 15.4 Å². The van der Waals surface area contributed by atoms with E-state index in [0.29, 0.717) is 6.04 Å². The van der Waals surface area contributed by atoms with Crippen LogP contribution in [0.15, 0.2) is 51.4 Å². The lowest BCUT2D eigenvalue weighted by Gasteiger charge is -2.17. The van der Waals surface area contributed by atoms with Crippen LogP contribution in [0.4, 0.5) is 0 Å². The van der Waals surface area contributed by atoms with Crippen LogP contribution >= 0.6 is 54.5 Å². The molecule has 2 aromatic carbocycles. The maximum atomic E-state index is 3.55. The fourth-order valence-electron chi connectivity index (χ4n) is 2.02. The summed E-state index contributed by atoms with van der Waals surface area (Å²) in [5, 5.41) is 3.39. The van der Waals surface area contributed by atoms with Gasteiger partial charge in [0.25, 0.3) is 0 Å². The van der Waals surface area contributed by atoms with E-state index in [1.54, 1.807) is 0 Å². The maximum absolute atomic E-state index is 3.55. The van der Waals surface area contributed by atoms with Crippen LogP contribution in [0.3, 0.4) is 0 Å². The second-order valence-corrected chi connectivity index (χ2v) is 7.45. The van der Waals surface area contributed by atoms with Gasteiger partial charge in [-0.05, 0) is 77.5 Å². The molecule has 0 spiro atoms. The summed E-state index contributed by atoms with van der Waals surface area (Å²) < 4.78 is 3.46. The molecule has 0 heterocycles. The first kappa shape index (κ1) is 15.5. The van der Waals surface area contributed by atoms with E-state index in [-0.39, 0.29) is 0 Å². The van der Waals surface area contributed by atoms with Gasteiger partial charge in [0.15, 0.2) is 0 Å². The molecule has 0 saturated heterocycles. The van der Waals surface area contributed by atoms with Crippen LogP contribution < -0.4 is 5.32 Å². The highest BCUT2D eigenvalue weighted by atomic mass is 127. The maximum Gasteiger partial charge on any atom is 0.0359 e. The quantitative estimate of drug-likeness (QED) is 0.567. The van der Waals surface area contributed by atoms with Crippen molar-refractivity contribution < 1.29 is 0 Å². The predicted molar refractivity (Wildman–Crippen MR) is 96.5 cm³/mol. The Kier molecular flexibility index (Phi) is 5.87. The van der Waals surface area contributed by atoms with Gasteiger partial charge in [-0.25, -0.2) is 0 Å². The molecule has 19 heavy (non-hydrogen) atoms. The fourth-order valence-corrected chi connectivity index (χ4v) is 3.71. The molecule has 0 aliphatic rings. The highest BCUT2D eigenvalue weighted by Gasteiger charge is 2.11. The minimum atomic E-state index is 0.314. The lowest BCUT2D eigenvalue weighted by Crippen LogP contribution is -2.18. The second kappa shape index (κ2) is 7.20. The molecule has 0 fully saturated rings. The zero-order valence-electron chi connectivity index (χ0n) is 10.5. The van der Waals surface area contributed by atoms with Crippen molar-refractivity contribution in [3.05, 3.63) is 66.1 Å². The van der Waals surface area contributed by atoms with Crippen LogP contribution in [0.5, 0.6) is 0 Å². The van der Waals surface area contributed by atoms with Gasteiger partial charge in [-0.1, -0.05) is 44.0 Å². The van der Waals surface area contributed by atoms with Gasteiger partial charge in [-0.15, -0.1) is 0 Å². The van der Waals surface area contributed by atoms with Gasteiger partial charge in [0.2, 0.25) is 0 Å². The monoisotopic (exact) mass is 493 g/mol. The van der Waals surface area contributed by atoms with E-state index in [4.69, 9.17) is 0 Å². The minimum Gasteiger partial charge on any atom is -0.313 e. The Morgan fingerprint density at radius 3 is 2.16 bits per heavy atom. The van der Waals surface area contributed by atoms with E-state index in [9.17, 15) is 0 Å². The van der Waals surface area contributed by atoms with Crippen molar-refractivity contribution in [2.45, 2.75) is 12.5 Å². The molecule has 0 amide bonds. The van der Waals surface area contributed by atoms with Crippen LogP contribution in [-0.4, -0.2) is 7.05 Å². The van der Waals surface area contributed by atoms with Gasteiger partial charge < -0.3 is 5.32 Å². The Balaban J connectivity index is 2.22. The SMILES string of the molecule is CNC(Cc1ccc(I)cc1)c1cc(Br)cc(Br)c1. The summed E-state index contributed by atoms with van der Waals surface area (Å²) in [6, 6.07) is 15.4. The largest absolute Gasteiger partial charge is 0.313 e. The van der Waals surface area contributed by atoms with E-state index in [1.807, 2.05) is 7.05 Å². The Hall–Kier alpha value is 0.0900. The first-order valence-electron chi connectivity index (χ1n) is 5.96. The Labute approximate surface area is 144 Å². The predicted octanol–water partition coefficient (Wildman–Crippen LogP) is 5.32. The van der Waals surface area contributed by atoms with Crippen LogP contribution in [0, 0.1) is 3.57 Å². The van der Waals surface area contributed by atoms with E-state index in [2.05, 4.69) is 102 Å². The molecule has 0 aromatic heterocycles. The lowest BCUT2D eigenvalue weighted by molar-refractivity contribution is 0.591. The number of benzene rings is 2. The highest BCUT2D eigenvalue weighted by molar-refractivity contribution is 14.1. The van der Waals surface area contributed by atoms with E-state index >= 15 is 0 Å². The summed E-state index contributed by atoms with van der Waals surface area (Å²) in [4.78, 5) is 0. The first-order chi connectivity index (χ1) is 9.08. The zero-order chi connectivity index (χ0) is 13.8. The number of halogens is 3. The van der Waals surface area contributed by atoms with Crippen molar-refractivity contribution in [1.82, 2.24) is 5.32 Å². The van der Waals surface area contributed by atoms with E-state index in [1.165, 1.54) is 14.7 Å². The van der Waals surface area contributed by atoms with Crippen molar-refractivity contribution in [2.75, 3.05) is 7.05 Å². The van der Waals surface area contributed by atoms with Gasteiger partial charge in [0, 0.05) is 18.6 Å². The van der Waals surface area contributed by atoms with Gasteiger partial charge >= 0.3 is 0 Å². The van der Waals surface area contributed by atoms with E-state index < -0.39 is 0 Å². The van der Waals surface area contributed by atoms with Crippen LogP contribution in [0.25, 0.3) is 0 Å². The smallest absolute Gasteiger partial charge is 0.0359 e.